The van der Waals surface area contributed by atoms with Crippen molar-refractivity contribution in [3.05, 3.63) is 22.9 Å². The van der Waals surface area contributed by atoms with Crippen LogP contribution in [0.1, 0.15) is 32.1 Å². The highest BCUT2D eigenvalue weighted by atomic mass is 32.1. The van der Waals surface area contributed by atoms with E-state index in [-0.39, 0.29) is 12.8 Å². The molecule has 4 nitrogen and oxygen atoms in total. The van der Waals surface area contributed by atoms with Gasteiger partial charge in [0.1, 0.15) is 0 Å². The van der Waals surface area contributed by atoms with Crippen molar-refractivity contribution in [3.8, 4) is 0 Å². The Bertz CT molecular complexity index is 249. The molecule has 0 radical (unpaired) electrons. The van der Waals surface area contributed by atoms with Crippen LogP contribution in [-0.2, 0) is 9.59 Å². The molecule has 0 spiro atoms. The molecule has 1 aromatic rings. The molecule has 2 N–H and O–H groups in total. The van der Waals surface area contributed by atoms with E-state index in [2.05, 4.69) is 0 Å². The fraction of sp³-hybridized carbons (Fsp3) is 0.455. The van der Waals surface area contributed by atoms with Crippen LogP contribution in [0.5, 0.6) is 0 Å². The maximum Gasteiger partial charge on any atom is 0.303 e. The smallest absolute Gasteiger partial charge is 0.303 e. The van der Waals surface area contributed by atoms with Gasteiger partial charge in [-0.1, -0.05) is 18.6 Å². The first-order chi connectivity index (χ1) is 7.63. The molecule has 1 heterocycles. The quantitative estimate of drug-likeness (QED) is 0.754. The van der Waals surface area contributed by atoms with Gasteiger partial charge in [0.05, 0.1) is 0 Å². The zero-order valence-electron chi connectivity index (χ0n) is 8.96. The number of hydrogen-bond acceptors (Lipinski definition) is 3. The molecule has 0 aromatic carbocycles. The molecule has 0 atom stereocenters. The molecule has 0 amide bonds. The summed E-state index contributed by atoms with van der Waals surface area (Å²) in [5, 5.41) is 20.5. The Morgan fingerprint density at radius 2 is 1.31 bits per heavy atom. The summed E-state index contributed by atoms with van der Waals surface area (Å²) >= 11 is 1.71. The highest BCUT2D eigenvalue weighted by Gasteiger charge is 1.98. The van der Waals surface area contributed by atoms with E-state index in [0.717, 1.165) is 0 Å². The molecule has 0 aliphatic heterocycles. The molecule has 1 aromatic heterocycles. The van der Waals surface area contributed by atoms with Crippen molar-refractivity contribution in [2.24, 2.45) is 0 Å². The number of carboxylic acids is 2. The van der Waals surface area contributed by atoms with Crippen molar-refractivity contribution in [2.45, 2.75) is 32.1 Å². The van der Waals surface area contributed by atoms with Gasteiger partial charge in [-0.05, 0) is 23.6 Å². The second-order valence-corrected chi connectivity index (χ2v) is 3.96. The molecule has 16 heavy (non-hydrogen) atoms. The molecule has 1 rings (SSSR count). The normalized spacial score (nSPS) is 9.00. The molecular formula is C11H16O4S. The molecule has 0 saturated carbocycles. The van der Waals surface area contributed by atoms with Gasteiger partial charge in [0.15, 0.2) is 0 Å². The molecule has 0 unspecified atom stereocenters. The Labute approximate surface area is 98.5 Å². The van der Waals surface area contributed by atoms with Crippen molar-refractivity contribution in [1.29, 1.82) is 0 Å². The van der Waals surface area contributed by atoms with Crippen LogP contribution in [0.15, 0.2) is 22.9 Å². The lowest BCUT2D eigenvalue weighted by atomic mass is 10.1. The van der Waals surface area contributed by atoms with Crippen molar-refractivity contribution in [2.75, 3.05) is 0 Å². The summed E-state index contributed by atoms with van der Waals surface area (Å²) in [4.78, 5) is 20.0. The standard InChI is InChI=1S/C7H12O4.C4H4S/c8-6(9)4-2-1-3-5-7(10)11;1-2-4-5-3-1/h1-5H2,(H,8,9)(H,10,11);1-4H. The SMILES string of the molecule is O=C(O)CCCCCC(=O)O.c1ccsc1. The third-order valence-electron chi connectivity index (χ3n) is 1.71. The summed E-state index contributed by atoms with van der Waals surface area (Å²) in [5.41, 5.74) is 0. The number of thiophene rings is 1. The average molecular weight is 244 g/mol. The Balaban J connectivity index is 0.000000368. The number of rotatable bonds is 6. The van der Waals surface area contributed by atoms with E-state index >= 15 is 0 Å². The topological polar surface area (TPSA) is 74.6 Å². The van der Waals surface area contributed by atoms with Gasteiger partial charge in [0.2, 0.25) is 0 Å². The van der Waals surface area contributed by atoms with Gasteiger partial charge in [-0.25, -0.2) is 0 Å². The minimum Gasteiger partial charge on any atom is -0.481 e. The van der Waals surface area contributed by atoms with E-state index < -0.39 is 11.9 Å². The van der Waals surface area contributed by atoms with Crippen LogP contribution >= 0.6 is 11.3 Å². The van der Waals surface area contributed by atoms with Crippen LogP contribution in [0, 0.1) is 0 Å². The second kappa shape index (κ2) is 10.2. The highest BCUT2D eigenvalue weighted by Crippen LogP contribution is 2.02. The number of hydrogen-bond donors (Lipinski definition) is 2. The minimum absolute atomic E-state index is 0.139. The third kappa shape index (κ3) is 12.6. The summed E-state index contributed by atoms with van der Waals surface area (Å²) < 4.78 is 0. The average Bonchev–Trinajstić information content (AvgIpc) is 2.74. The number of carboxylic acid groups (broad SMARTS) is 2. The van der Waals surface area contributed by atoms with Crippen LogP contribution in [0.2, 0.25) is 0 Å². The summed E-state index contributed by atoms with van der Waals surface area (Å²) in [7, 11) is 0. The Morgan fingerprint density at radius 1 is 0.875 bits per heavy atom. The summed E-state index contributed by atoms with van der Waals surface area (Å²) in [5.74, 6) is -1.64. The van der Waals surface area contributed by atoms with Gasteiger partial charge >= 0.3 is 11.9 Å². The van der Waals surface area contributed by atoms with Crippen molar-refractivity contribution in [1.82, 2.24) is 0 Å². The van der Waals surface area contributed by atoms with Crippen molar-refractivity contribution < 1.29 is 19.8 Å². The van der Waals surface area contributed by atoms with E-state index in [1.54, 1.807) is 11.3 Å². The second-order valence-electron chi connectivity index (χ2n) is 3.14. The fourth-order valence-electron chi connectivity index (χ4n) is 0.956. The van der Waals surface area contributed by atoms with Crippen LogP contribution in [0.4, 0.5) is 0 Å². The van der Waals surface area contributed by atoms with Gasteiger partial charge < -0.3 is 10.2 Å². The van der Waals surface area contributed by atoms with Crippen LogP contribution in [0.3, 0.4) is 0 Å². The monoisotopic (exact) mass is 244 g/mol. The number of carbonyl (C=O) groups is 2. The molecule has 0 saturated heterocycles. The number of aliphatic carboxylic acids is 2. The first-order valence-corrected chi connectivity index (χ1v) is 5.98. The molecule has 0 fully saturated rings. The lowest BCUT2D eigenvalue weighted by Crippen LogP contribution is -1.96. The maximum atomic E-state index is 9.98. The van der Waals surface area contributed by atoms with E-state index in [1.165, 1.54) is 0 Å². The third-order valence-corrected chi connectivity index (χ3v) is 2.34. The molecule has 5 heteroatoms. The fourth-order valence-corrected chi connectivity index (χ4v) is 1.41. The van der Waals surface area contributed by atoms with Crippen LogP contribution < -0.4 is 0 Å². The van der Waals surface area contributed by atoms with Crippen molar-refractivity contribution in [3.63, 3.8) is 0 Å². The Morgan fingerprint density at radius 3 is 1.56 bits per heavy atom. The summed E-state index contributed by atoms with van der Waals surface area (Å²) in [6.07, 6.45) is 2.10. The van der Waals surface area contributed by atoms with E-state index in [1.807, 2.05) is 22.9 Å². The number of unbranched alkanes of at least 4 members (excludes halogenated alkanes) is 2. The molecule has 0 aliphatic carbocycles. The largest absolute Gasteiger partial charge is 0.481 e. The van der Waals surface area contributed by atoms with Gasteiger partial charge in [-0.2, -0.15) is 11.3 Å². The predicted molar refractivity (Wildman–Crippen MR) is 62.7 cm³/mol. The zero-order valence-corrected chi connectivity index (χ0v) is 9.78. The molecule has 0 bridgehead atoms. The summed E-state index contributed by atoms with van der Waals surface area (Å²) in [6.45, 7) is 0. The maximum absolute atomic E-state index is 9.98. The minimum atomic E-state index is -0.819. The zero-order chi connectivity index (χ0) is 12.2. The van der Waals surface area contributed by atoms with Gasteiger partial charge in [-0.3, -0.25) is 9.59 Å². The van der Waals surface area contributed by atoms with Crippen molar-refractivity contribution >= 4 is 23.3 Å². The molecule has 0 aliphatic rings. The van der Waals surface area contributed by atoms with E-state index in [9.17, 15) is 9.59 Å². The molecule has 90 valence electrons. The van der Waals surface area contributed by atoms with Crippen LogP contribution in [0.25, 0.3) is 0 Å². The van der Waals surface area contributed by atoms with Gasteiger partial charge in [0, 0.05) is 12.8 Å². The highest BCUT2D eigenvalue weighted by molar-refractivity contribution is 7.07. The van der Waals surface area contributed by atoms with Gasteiger partial charge in [0.25, 0.3) is 0 Å². The summed E-state index contributed by atoms with van der Waals surface area (Å²) in [6, 6.07) is 4.04. The lowest BCUT2D eigenvalue weighted by Gasteiger charge is -1.94. The predicted octanol–water partition coefficient (Wildman–Crippen LogP) is 2.85. The van der Waals surface area contributed by atoms with E-state index in [0.29, 0.717) is 19.3 Å². The first-order valence-electron chi connectivity index (χ1n) is 5.03. The Kier molecular flexibility index (Phi) is 9.30. The molecular weight excluding hydrogens is 228 g/mol. The first kappa shape index (κ1) is 14.6. The van der Waals surface area contributed by atoms with E-state index in [4.69, 9.17) is 10.2 Å². The Hall–Kier alpha value is -1.36. The van der Waals surface area contributed by atoms with Crippen LogP contribution in [-0.4, -0.2) is 22.2 Å². The van der Waals surface area contributed by atoms with Gasteiger partial charge in [-0.15, -0.1) is 0 Å². The lowest BCUT2D eigenvalue weighted by molar-refractivity contribution is -0.137.